The van der Waals surface area contributed by atoms with Crippen LogP contribution >= 0.6 is 0 Å². The molecule has 3 heterocycles. The summed E-state index contributed by atoms with van der Waals surface area (Å²) in [6.45, 7) is 3.72. The predicted molar refractivity (Wildman–Crippen MR) is 107 cm³/mol. The van der Waals surface area contributed by atoms with E-state index >= 15 is 0 Å². The normalized spacial score (nSPS) is 17.2. The number of carbonyl (C=O) groups is 1. The van der Waals surface area contributed by atoms with Gasteiger partial charge in [-0.25, -0.2) is 0 Å². The summed E-state index contributed by atoms with van der Waals surface area (Å²) in [5.41, 5.74) is 4.38. The second kappa shape index (κ2) is 7.37. The van der Waals surface area contributed by atoms with Gasteiger partial charge in [0.1, 0.15) is 0 Å². The van der Waals surface area contributed by atoms with Gasteiger partial charge in [0, 0.05) is 55.8 Å². The molecule has 3 aromatic rings. The molecule has 1 fully saturated rings. The van der Waals surface area contributed by atoms with Gasteiger partial charge in [0.15, 0.2) is 0 Å². The molecule has 0 bridgehead atoms. The van der Waals surface area contributed by atoms with Gasteiger partial charge in [-0.05, 0) is 17.2 Å². The summed E-state index contributed by atoms with van der Waals surface area (Å²) >= 11 is 0. The summed E-state index contributed by atoms with van der Waals surface area (Å²) in [6.07, 6.45) is 2.36. The van der Waals surface area contributed by atoms with Crippen molar-refractivity contribution in [3.05, 3.63) is 53.7 Å². The van der Waals surface area contributed by atoms with Gasteiger partial charge in [0.2, 0.25) is 5.91 Å². The van der Waals surface area contributed by atoms with Gasteiger partial charge in [-0.3, -0.25) is 14.7 Å². The van der Waals surface area contributed by atoms with Crippen LogP contribution in [0.4, 0.5) is 0 Å². The van der Waals surface area contributed by atoms with Crippen LogP contribution in [0, 0.1) is 0 Å². The van der Waals surface area contributed by atoms with Gasteiger partial charge >= 0.3 is 0 Å². The molecule has 28 heavy (non-hydrogen) atoms. The first-order valence-electron chi connectivity index (χ1n) is 9.99. The Balaban J connectivity index is 1.38. The number of aromatic amines is 1. The van der Waals surface area contributed by atoms with Crippen LogP contribution in [0.5, 0.6) is 0 Å². The number of nitrogens with zero attached hydrogens (tertiary/aromatic N) is 3. The van der Waals surface area contributed by atoms with E-state index in [0.717, 1.165) is 55.1 Å². The Kier molecular flexibility index (Phi) is 4.58. The first-order valence-corrected chi connectivity index (χ1v) is 9.99. The van der Waals surface area contributed by atoms with Crippen LogP contribution in [0.25, 0.3) is 22.0 Å². The summed E-state index contributed by atoms with van der Waals surface area (Å²) in [4.78, 5) is 20.2. The van der Waals surface area contributed by atoms with Crippen LogP contribution in [0.3, 0.4) is 0 Å². The zero-order chi connectivity index (χ0) is 18.9. The molecular weight excluding hydrogens is 352 g/mol. The van der Waals surface area contributed by atoms with Crippen molar-refractivity contribution >= 4 is 16.7 Å². The lowest BCUT2D eigenvalue weighted by atomic mass is 9.96. The number of hydrogen-bond donors (Lipinski definition) is 1. The predicted octanol–water partition coefficient (Wildman–Crippen LogP) is 3.14. The van der Waals surface area contributed by atoms with Crippen molar-refractivity contribution in [2.75, 3.05) is 26.2 Å². The molecule has 2 aliphatic rings. The Morgan fingerprint density at radius 1 is 1.14 bits per heavy atom. The summed E-state index contributed by atoms with van der Waals surface area (Å²) < 4.78 is 0. The van der Waals surface area contributed by atoms with E-state index in [-0.39, 0.29) is 5.91 Å². The van der Waals surface area contributed by atoms with E-state index in [4.69, 9.17) is 4.84 Å². The van der Waals surface area contributed by atoms with Crippen molar-refractivity contribution in [3.63, 3.8) is 0 Å². The fourth-order valence-corrected chi connectivity index (χ4v) is 4.22. The van der Waals surface area contributed by atoms with E-state index in [1.165, 1.54) is 10.8 Å². The lowest BCUT2D eigenvalue weighted by molar-refractivity contribution is -0.139. The number of amides is 1. The highest BCUT2D eigenvalue weighted by Gasteiger charge is 2.26. The number of fused-ring (bicyclic) bond motifs is 2. The molecular formula is C22H24N4O2. The Morgan fingerprint density at radius 3 is 2.93 bits per heavy atom. The largest absolute Gasteiger partial charge is 0.338 e. The van der Waals surface area contributed by atoms with E-state index in [9.17, 15) is 4.79 Å². The average Bonchev–Trinajstić information content (AvgIpc) is 3.41. The van der Waals surface area contributed by atoms with Gasteiger partial charge in [0.25, 0.3) is 0 Å². The summed E-state index contributed by atoms with van der Waals surface area (Å²) in [5.74, 6) is 0.186. The Morgan fingerprint density at radius 2 is 2.04 bits per heavy atom. The molecule has 5 rings (SSSR count). The molecule has 0 radical (unpaired) electrons. The van der Waals surface area contributed by atoms with E-state index in [1.54, 1.807) is 0 Å². The van der Waals surface area contributed by atoms with E-state index < -0.39 is 0 Å². The molecule has 0 saturated carbocycles. The minimum Gasteiger partial charge on any atom is -0.338 e. The molecule has 6 nitrogen and oxygen atoms in total. The molecule has 144 valence electrons. The van der Waals surface area contributed by atoms with Crippen LogP contribution in [-0.2, 0) is 22.6 Å². The van der Waals surface area contributed by atoms with Crippen molar-refractivity contribution in [1.82, 2.24) is 20.2 Å². The standard InChI is InChI=1S/C22H24N4O2/c27-21(10-13-26-11-4-14-28-26)25-12-9-20-19(15-25)22(24-23-20)18-8-3-6-16-5-1-2-7-17(16)18/h1-3,5-8H,4,9-15H2,(H,23,24). The van der Waals surface area contributed by atoms with Crippen LogP contribution in [0.2, 0.25) is 0 Å². The molecule has 1 aromatic heterocycles. The van der Waals surface area contributed by atoms with Gasteiger partial charge < -0.3 is 4.90 Å². The lowest BCUT2D eigenvalue weighted by Gasteiger charge is -2.28. The van der Waals surface area contributed by atoms with E-state index in [0.29, 0.717) is 19.5 Å². The Labute approximate surface area is 164 Å². The summed E-state index contributed by atoms with van der Waals surface area (Å²) in [5, 5.41) is 12.1. The van der Waals surface area contributed by atoms with Crippen LogP contribution in [-0.4, -0.2) is 52.3 Å². The molecule has 1 amide bonds. The van der Waals surface area contributed by atoms with Crippen molar-refractivity contribution in [3.8, 4) is 11.3 Å². The second-order valence-corrected chi connectivity index (χ2v) is 7.49. The number of aromatic nitrogens is 2. The van der Waals surface area contributed by atoms with Gasteiger partial charge in [-0.2, -0.15) is 10.2 Å². The van der Waals surface area contributed by atoms with Gasteiger partial charge in [0.05, 0.1) is 12.3 Å². The van der Waals surface area contributed by atoms with Crippen molar-refractivity contribution < 1.29 is 9.63 Å². The molecule has 1 saturated heterocycles. The maximum absolute atomic E-state index is 12.8. The molecule has 0 atom stereocenters. The van der Waals surface area contributed by atoms with Crippen molar-refractivity contribution in [2.24, 2.45) is 0 Å². The first kappa shape index (κ1) is 17.4. The SMILES string of the molecule is O=C(CCN1CCCO1)N1CCc2[nH]nc(-c3cccc4ccccc34)c2C1. The topological polar surface area (TPSA) is 61.5 Å². The minimum absolute atomic E-state index is 0.186. The molecule has 0 aliphatic carbocycles. The average molecular weight is 376 g/mol. The quantitative estimate of drug-likeness (QED) is 0.760. The van der Waals surface area contributed by atoms with Crippen molar-refractivity contribution in [1.29, 1.82) is 0 Å². The monoisotopic (exact) mass is 376 g/mol. The number of benzene rings is 2. The van der Waals surface area contributed by atoms with Crippen LogP contribution in [0.15, 0.2) is 42.5 Å². The highest BCUT2D eigenvalue weighted by Crippen LogP contribution is 2.33. The minimum atomic E-state index is 0.186. The maximum Gasteiger partial charge on any atom is 0.224 e. The smallest absolute Gasteiger partial charge is 0.224 e. The molecule has 1 N–H and O–H groups in total. The van der Waals surface area contributed by atoms with Gasteiger partial charge in [-0.15, -0.1) is 0 Å². The number of hydroxylamine groups is 2. The second-order valence-electron chi connectivity index (χ2n) is 7.49. The molecule has 2 aromatic carbocycles. The van der Waals surface area contributed by atoms with Crippen LogP contribution in [0.1, 0.15) is 24.1 Å². The first-order chi connectivity index (χ1) is 13.8. The highest BCUT2D eigenvalue weighted by molar-refractivity contribution is 5.96. The third-order valence-electron chi connectivity index (χ3n) is 5.73. The number of nitrogens with one attached hydrogen (secondary N) is 1. The van der Waals surface area contributed by atoms with Crippen molar-refractivity contribution in [2.45, 2.75) is 25.8 Å². The number of carbonyl (C=O) groups excluding carboxylic acids is 1. The lowest BCUT2D eigenvalue weighted by Crippen LogP contribution is -2.37. The molecule has 0 spiro atoms. The highest BCUT2D eigenvalue weighted by atomic mass is 16.7. The number of hydrogen-bond acceptors (Lipinski definition) is 4. The van der Waals surface area contributed by atoms with E-state index in [1.807, 2.05) is 9.96 Å². The fraction of sp³-hybridized carbons (Fsp3) is 0.364. The third-order valence-corrected chi connectivity index (χ3v) is 5.73. The maximum atomic E-state index is 12.8. The third kappa shape index (κ3) is 3.19. The van der Waals surface area contributed by atoms with Crippen LogP contribution < -0.4 is 0 Å². The zero-order valence-corrected chi connectivity index (χ0v) is 15.9. The fourth-order valence-electron chi connectivity index (χ4n) is 4.22. The molecule has 0 unspecified atom stereocenters. The number of H-pyrrole nitrogens is 1. The zero-order valence-electron chi connectivity index (χ0n) is 15.9. The molecule has 6 heteroatoms. The Hall–Kier alpha value is -2.70. The van der Waals surface area contributed by atoms with Gasteiger partial charge in [-0.1, -0.05) is 42.5 Å². The van der Waals surface area contributed by atoms with E-state index in [2.05, 4.69) is 52.7 Å². The number of rotatable bonds is 4. The summed E-state index contributed by atoms with van der Waals surface area (Å²) in [6, 6.07) is 14.7. The Bertz CT molecular complexity index is 1000. The molecule has 2 aliphatic heterocycles. The summed E-state index contributed by atoms with van der Waals surface area (Å²) in [7, 11) is 0.